The van der Waals surface area contributed by atoms with E-state index in [1.807, 2.05) is 13.8 Å². The molecule has 6 heteroatoms. The molecule has 0 radical (unpaired) electrons. The Bertz CT molecular complexity index is 884. The molecule has 0 saturated heterocycles. The molecule has 2 aliphatic heterocycles. The van der Waals surface area contributed by atoms with Gasteiger partial charge in [-0.3, -0.25) is 4.79 Å². The summed E-state index contributed by atoms with van der Waals surface area (Å²) < 4.78 is 11.9. The van der Waals surface area contributed by atoms with E-state index in [9.17, 15) is 20.1 Å². The fourth-order valence-corrected chi connectivity index (χ4v) is 3.52. The van der Waals surface area contributed by atoms with Gasteiger partial charge in [0.15, 0.2) is 12.2 Å². The van der Waals surface area contributed by atoms with Crippen LogP contribution in [0.25, 0.3) is 0 Å². The summed E-state index contributed by atoms with van der Waals surface area (Å²) in [6.07, 6.45) is -0.994. The third-order valence-corrected chi connectivity index (χ3v) is 4.95. The predicted octanol–water partition coefficient (Wildman–Crippen LogP) is 2.88. The third-order valence-electron chi connectivity index (χ3n) is 4.95. The Morgan fingerprint density at radius 1 is 1.15 bits per heavy atom. The molecule has 0 amide bonds. The zero-order valence-corrected chi connectivity index (χ0v) is 14.5. The molecule has 0 spiro atoms. The summed E-state index contributed by atoms with van der Waals surface area (Å²) in [4.78, 5) is 12.7. The van der Waals surface area contributed by atoms with Gasteiger partial charge in [-0.05, 0) is 44.4 Å². The van der Waals surface area contributed by atoms with Crippen LogP contribution in [0.2, 0.25) is 0 Å². The van der Waals surface area contributed by atoms with Gasteiger partial charge in [0.25, 0.3) is 0 Å². The van der Waals surface area contributed by atoms with E-state index in [2.05, 4.69) is 0 Å². The Morgan fingerprint density at radius 3 is 2.54 bits per heavy atom. The normalized spacial score (nSPS) is 23.4. The van der Waals surface area contributed by atoms with Crippen molar-refractivity contribution in [2.75, 3.05) is 0 Å². The molecule has 2 aromatic rings. The van der Waals surface area contributed by atoms with Gasteiger partial charge >= 0.3 is 0 Å². The zero-order valence-electron chi connectivity index (χ0n) is 14.5. The fourth-order valence-electron chi connectivity index (χ4n) is 3.52. The van der Waals surface area contributed by atoms with Gasteiger partial charge < -0.3 is 24.8 Å². The van der Waals surface area contributed by atoms with Crippen molar-refractivity contribution in [3.8, 4) is 23.0 Å². The minimum Gasteiger partial charge on any atom is -0.508 e. The fraction of sp³-hybridized carbons (Fsp3) is 0.350. The number of phenols is 2. The zero-order chi connectivity index (χ0) is 18.6. The summed E-state index contributed by atoms with van der Waals surface area (Å²) in [5.41, 5.74) is 0.904. The minimum atomic E-state index is -1.45. The number of fused-ring (bicyclic) bond motifs is 3. The number of rotatable bonds is 1. The van der Waals surface area contributed by atoms with Crippen molar-refractivity contribution in [2.45, 2.75) is 44.5 Å². The van der Waals surface area contributed by atoms with Crippen molar-refractivity contribution in [1.82, 2.24) is 0 Å². The summed E-state index contributed by atoms with van der Waals surface area (Å²) in [6, 6.07) is 7.54. The van der Waals surface area contributed by atoms with E-state index in [1.54, 1.807) is 12.1 Å². The Morgan fingerprint density at radius 2 is 1.85 bits per heavy atom. The highest BCUT2D eigenvalue weighted by Gasteiger charge is 2.42. The second-order valence-electron chi connectivity index (χ2n) is 7.38. The summed E-state index contributed by atoms with van der Waals surface area (Å²) >= 11 is 0. The standard InChI is InChI=1S/C20H20O6/c1-20(2)8-7-12-14(26-20)9-13(22)15-16(23)17(24)18(25-19(12)15)10-3-5-11(21)6-4-10/h3-6,9,17-18,21-22,24H,7-8H2,1-2H3/t17-,18+/m0/s1. The van der Waals surface area contributed by atoms with Gasteiger partial charge in [0.2, 0.25) is 5.78 Å². The predicted molar refractivity (Wildman–Crippen MR) is 92.9 cm³/mol. The van der Waals surface area contributed by atoms with E-state index in [0.29, 0.717) is 17.7 Å². The Labute approximate surface area is 150 Å². The van der Waals surface area contributed by atoms with Crippen LogP contribution in [0.4, 0.5) is 0 Å². The Kier molecular flexibility index (Phi) is 3.63. The molecule has 0 bridgehead atoms. The van der Waals surface area contributed by atoms with Crippen molar-refractivity contribution in [1.29, 1.82) is 0 Å². The van der Waals surface area contributed by atoms with E-state index in [0.717, 1.165) is 12.0 Å². The third kappa shape index (κ3) is 2.57. The quantitative estimate of drug-likeness (QED) is 0.727. The summed E-state index contributed by atoms with van der Waals surface area (Å²) in [5.74, 6) is -0.00873. The lowest BCUT2D eigenvalue weighted by atomic mass is 9.87. The van der Waals surface area contributed by atoms with Crippen molar-refractivity contribution < 1.29 is 29.6 Å². The number of benzene rings is 2. The summed E-state index contributed by atoms with van der Waals surface area (Å²) in [5, 5.41) is 30.2. The van der Waals surface area contributed by atoms with Gasteiger partial charge in [-0.1, -0.05) is 12.1 Å². The van der Waals surface area contributed by atoms with Crippen molar-refractivity contribution in [2.24, 2.45) is 0 Å². The number of hydrogen-bond acceptors (Lipinski definition) is 6. The molecule has 2 aliphatic rings. The molecular formula is C20H20O6. The van der Waals surface area contributed by atoms with E-state index in [1.165, 1.54) is 18.2 Å². The maximum atomic E-state index is 12.7. The lowest BCUT2D eigenvalue weighted by Crippen LogP contribution is -2.38. The molecule has 6 nitrogen and oxygen atoms in total. The molecule has 0 saturated carbocycles. The number of aromatic hydroxyl groups is 2. The van der Waals surface area contributed by atoms with E-state index in [-0.39, 0.29) is 28.4 Å². The molecule has 4 rings (SSSR count). The molecular weight excluding hydrogens is 336 g/mol. The maximum absolute atomic E-state index is 12.7. The lowest BCUT2D eigenvalue weighted by Gasteiger charge is -2.37. The number of Topliss-reactive ketones (excluding diaryl/α,β-unsaturated/α-hetero) is 1. The first-order chi connectivity index (χ1) is 12.3. The second kappa shape index (κ2) is 5.64. The minimum absolute atomic E-state index is 0.00501. The highest BCUT2D eigenvalue weighted by molar-refractivity contribution is 6.06. The number of ether oxygens (including phenoxy) is 2. The van der Waals surface area contributed by atoms with Crippen LogP contribution in [0.3, 0.4) is 0 Å². The van der Waals surface area contributed by atoms with Gasteiger partial charge in [-0.25, -0.2) is 0 Å². The van der Waals surface area contributed by atoms with Gasteiger partial charge in [0.05, 0.1) is 0 Å². The number of hydrogen-bond donors (Lipinski definition) is 3. The first kappa shape index (κ1) is 16.7. The van der Waals surface area contributed by atoms with Crippen LogP contribution in [0.5, 0.6) is 23.0 Å². The van der Waals surface area contributed by atoms with E-state index in [4.69, 9.17) is 9.47 Å². The molecule has 26 heavy (non-hydrogen) atoms. The molecule has 0 aromatic heterocycles. The molecule has 2 aromatic carbocycles. The topological polar surface area (TPSA) is 96.2 Å². The molecule has 2 heterocycles. The van der Waals surface area contributed by atoms with Crippen LogP contribution >= 0.6 is 0 Å². The Balaban J connectivity index is 1.83. The van der Waals surface area contributed by atoms with E-state index < -0.39 is 18.0 Å². The van der Waals surface area contributed by atoms with Gasteiger partial charge in [0, 0.05) is 11.6 Å². The monoisotopic (exact) mass is 356 g/mol. The SMILES string of the molecule is CC1(C)CCc2c(cc(O)c3c2O[C@H](c2ccc(O)cc2)[C@@H](O)C3=O)O1. The largest absolute Gasteiger partial charge is 0.508 e. The van der Waals surface area contributed by atoms with Gasteiger partial charge in [0.1, 0.15) is 34.2 Å². The molecule has 0 unspecified atom stereocenters. The van der Waals surface area contributed by atoms with Crippen molar-refractivity contribution >= 4 is 5.78 Å². The number of phenolic OH excluding ortho intramolecular Hbond substituents is 2. The molecule has 136 valence electrons. The molecule has 2 atom stereocenters. The lowest BCUT2D eigenvalue weighted by molar-refractivity contribution is 0.0191. The first-order valence-corrected chi connectivity index (χ1v) is 8.52. The summed E-state index contributed by atoms with van der Waals surface area (Å²) in [6.45, 7) is 3.92. The number of ketones is 1. The van der Waals surface area contributed by atoms with Crippen molar-refractivity contribution in [3.63, 3.8) is 0 Å². The van der Waals surface area contributed by atoms with Gasteiger partial charge in [-0.15, -0.1) is 0 Å². The van der Waals surface area contributed by atoms with Crippen LogP contribution in [0, 0.1) is 0 Å². The highest BCUT2D eigenvalue weighted by atomic mass is 16.5. The highest BCUT2D eigenvalue weighted by Crippen LogP contribution is 2.48. The van der Waals surface area contributed by atoms with E-state index >= 15 is 0 Å². The molecule has 0 aliphatic carbocycles. The number of aliphatic hydroxyl groups excluding tert-OH is 1. The van der Waals surface area contributed by atoms with Gasteiger partial charge in [-0.2, -0.15) is 0 Å². The smallest absolute Gasteiger partial charge is 0.202 e. The number of aliphatic hydroxyl groups is 1. The van der Waals surface area contributed by atoms with Crippen LogP contribution in [-0.4, -0.2) is 32.8 Å². The van der Waals surface area contributed by atoms with Crippen molar-refractivity contribution in [3.05, 3.63) is 47.0 Å². The Hall–Kier alpha value is -2.73. The molecule has 3 N–H and O–H groups in total. The van der Waals surface area contributed by atoms with Crippen LogP contribution in [0.1, 0.15) is 47.9 Å². The number of carbonyl (C=O) groups is 1. The molecule has 0 fully saturated rings. The number of carbonyl (C=O) groups excluding carboxylic acids is 1. The first-order valence-electron chi connectivity index (χ1n) is 8.52. The average molecular weight is 356 g/mol. The average Bonchev–Trinajstić information content (AvgIpc) is 2.57. The maximum Gasteiger partial charge on any atom is 0.202 e. The summed E-state index contributed by atoms with van der Waals surface area (Å²) in [7, 11) is 0. The van der Waals surface area contributed by atoms with Crippen LogP contribution in [0.15, 0.2) is 30.3 Å². The van der Waals surface area contributed by atoms with Crippen LogP contribution < -0.4 is 9.47 Å². The van der Waals surface area contributed by atoms with Crippen LogP contribution in [-0.2, 0) is 6.42 Å². The second-order valence-corrected chi connectivity index (χ2v) is 7.38.